The second kappa shape index (κ2) is 5.38. The van der Waals surface area contributed by atoms with Crippen molar-refractivity contribution in [1.29, 1.82) is 0 Å². The van der Waals surface area contributed by atoms with Crippen LogP contribution in [0.1, 0.15) is 36.8 Å². The lowest BCUT2D eigenvalue weighted by Gasteiger charge is -2.43. The van der Waals surface area contributed by atoms with Gasteiger partial charge in [-0.05, 0) is 47.3 Å². The molecule has 1 aromatic carbocycles. The Bertz CT molecular complexity index is 804. The Morgan fingerprint density at radius 2 is 2.04 bits per heavy atom. The van der Waals surface area contributed by atoms with E-state index in [0.29, 0.717) is 16.9 Å². The Balaban J connectivity index is 1.30. The second-order valence-electron chi connectivity index (χ2n) is 7.67. The lowest BCUT2D eigenvalue weighted by atomic mass is 9.70. The van der Waals surface area contributed by atoms with Crippen molar-refractivity contribution < 1.29 is 0 Å². The lowest BCUT2D eigenvalue weighted by Crippen LogP contribution is -2.49. The average Bonchev–Trinajstić information content (AvgIpc) is 3.16. The minimum Gasteiger partial charge on any atom is -0.369 e. The molecule has 5 nitrogen and oxygen atoms in total. The van der Waals surface area contributed by atoms with Crippen LogP contribution in [0.15, 0.2) is 46.0 Å². The van der Waals surface area contributed by atoms with E-state index in [9.17, 15) is 0 Å². The minimum absolute atomic E-state index is 0.162. The first-order chi connectivity index (χ1) is 12.1. The fourth-order valence-corrected chi connectivity index (χ4v) is 4.85. The number of fused-ring (bicyclic) bond motifs is 2. The van der Waals surface area contributed by atoms with Crippen molar-refractivity contribution in [2.45, 2.75) is 38.3 Å². The zero-order chi connectivity index (χ0) is 17.0. The number of guanidine groups is 1. The van der Waals surface area contributed by atoms with Gasteiger partial charge in [0, 0.05) is 19.3 Å². The third kappa shape index (κ3) is 2.30. The fourth-order valence-electron chi connectivity index (χ4n) is 4.85. The number of nitrogens with zero attached hydrogens (tertiary/aromatic N) is 3. The largest absolute Gasteiger partial charge is 0.369 e. The molecule has 1 aromatic rings. The van der Waals surface area contributed by atoms with E-state index in [1.165, 1.54) is 19.3 Å². The van der Waals surface area contributed by atoms with Gasteiger partial charge >= 0.3 is 0 Å². The van der Waals surface area contributed by atoms with Gasteiger partial charge in [-0.2, -0.15) is 0 Å². The van der Waals surface area contributed by atoms with E-state index >= 15 is 0 Å². The Hall–Kier alpha value is -2.24. The molecule has 0 aromatic heterocycles. The molecule has 0 amide bonds. The highest BCUT2D eigenvalue weighted by Gasteiger charge is 2.46. The smallest absolute Gasteiger partial charge is 0.202 e. The van der Waals surface area contributed by atoms with Crippen LogP contribution >= 0.6 is 0 Å². The van der Waals surface area contributed by atoms with Crippen molar-refractivity contribution in [3.05, 3.63) is 47.2 Å². The molecule has 1 aliphatic carbocycles. The van der Waals surface area contributed by atoms with Crippen LogP contribution in [-0.2, 0) is 6.42 Å². The zero-order valence-corrected chi connectivity index (χ0v) is 14.5. The molecule has 6 heteroatoms. The monoisotopic (exact) mass is 331 g/mol. The molecule has 25 heavy (non-hydrogen) atoms. The predicted octanol–water partition coefficient (Wildman–Crippen LogP) is 1.68. The second-order valence-corrected chi connectivity index (χ2v) is 7.67. The number of nitrogens with one attached hydrogen (secondary N) is 2. The van der Waals surface area contributed by atoms with Crippen molar-refractivity contribution in [3.8, 4) is 0 Å². The molecular weight excluding hydrogens is 309 g/mol. The maximum Gasteiger partial charge on any atom is 0.202 e. The highest BCUT2D eigenvalue weighted by atomic mass is 15.4. The molecule has 1 unspecified atom stereocenters. The molecule has 3 aliphatic heterocycles. The maximum absolute atomic E-state index is 5.78. The van der Waals surface area contributed by atoms with Crippen molar-refractivity contribution in [1.82, 2.24) is 15.5 Å². The van der Waals surface area contributed by atoms with E-state index < -0.39 is 0 Å². The molecule has 1 fully saturated rings. The van der Waals surface area contributed by atoms with Crippen LogP contribution < -0.4 is 10.6 Å². The van der Waals surface area contributed by atoms with Crippen LogP contribution in [-0.4, -0.2) is 43.8 Å². The SMILES string of the molecule is [B]C1=CN=C2NC(N3CCC4(CC3)Cc3ccccc3[C@H]4C)=NC2N1. The van der Waals surface area contributed by atoms with Gasteiger partial charge in [-0.15, -0.1) is 0 Å². The van der Waals surface area contributed by atoms with Crippen LogP contribution in [0.4, 0.5) is 0 Å². The van der Waals surface area contributed by atoms with E-state index in [4.69, 9.17) is 12.8 Å². The Labute approximate surface area is 149 Å². The predicted molar refractivity (Wildman–Crippen MR) is 101 cm³/mol. The Morgan fingerprint density at radius 3 is 2.84 bits per heavy atom. The molecular formula is C19H22BN5. The third-order valence-electron chi connectivity index (χ3n) is 6.44. The first-order valence-electron chi connectivity index (χ1n) is 9.12. The van der Waals surface area contributed by atoms with Crippen molar-refractivity contribution in [2.75, 3.05) is 13.1 Å². The molecule has 4 aliphatic rings. The summed E-state index contributed by atoms with van der Waals surface area (Å²) in [5.74, 6) is 2.41. The molecule has 2 radical (unpaired) electrons. The summed E-state index contributed by atoms with van der Waals surface area (Å²) in [4.78, 5) is 11.4. The molecule has 0 saturated carbocycles. The fraction of sp³-hybridized carbons (Fsp3) is 0.474. The number of likely N-dealkylation sites (tertiary alicyclic amines) is 1. The van der Waals surface area contributed by atoms with Crippen LogP contribution in [0.25, 0.3) is 0 Å². The Morgan fingerprint density at radius 1 is 1.24 bits per heavy atom. The van der Waals surface area contributed by atoms with Gasteiger partial charge in [0.15, 0.2) is 12.0 Å². The number of hydrogen-bond donors (Lipinski definition) is 2. The number of hydrogen-bond acceptors (Lipinski definition) is 5. The molecule has 2 N–H and O–H groups in total. The highest BCUT2D eigenvalue weighted by Crippen LogP contribution is 2.52. The topological polar surface area (TPSA) is 52.0 Å². The summed E-state index contributed by atoms with van der Waals surface area (Å²) in [6.45, 7) is 4.48. The molecule has 1 spiro atoms. The number of benzene rings is 1. The molecule has 126 valence electrons. The van der Waals surface area contributed by atoms with Gasteiger partial charge in [0.25, 0.3) is 0 Å². The molecule has 3 heterocycles. The highest BCUT2D eigenvalue weighted by molar-refractivity contribution is 6.22. The van der Waals surface area contributed by atoms with E-state index in [2.05, 4.69) is 51.7 Å². The summed E-state index contributed by atoms with van der Waals surface area (Å²) in [6.07, 6.45) is 5.10. The van der Waals surface area contributed by atoms with E-state index in [-0.39, 0.29) is 6.17 Å². The minimum atomic E-state index is -0.162. The number of amidine groups is 1. The van der Waals surface area contributed by atoms with Crippen molar-refractivity contribution in [2.24, 2.45) is 15.4 Å². The summed E-state index contributed by atoms with van der Waals surface area (Å²) in [7, 11) is 5.78. The average molecular weight is 331 g/mol. The summed E-state index contributed by atoms with van der Waals surface area (Å²) in [5, 5.41) is 6.50. The standard InChI is InChI=1S/C19H22BN5/c1-12-14-5-3-2-4-13(14)10-19(12)6-8-25(9-7-19)18-23-16-17(24-18)22-15(20)11-21-16/h2-5,11-12,17,22H,6-10H2,1H3,(H,21,23,24)/t12-,17?/m1/s1. The van der Waals surface area contributed by atoms with Gasteiger partial charge in [-0.25, -0.2) is 9.98 Å². The quantitative estimate of drug-likeness (QED) is 0.712. The number of piperidine rings is 1. The zero-order valence-electron chi connectivity index (χ0n) is 14.5. The number of aliphatic imine (C=N–C) groups is 2. The van der Waals surface area contributed by atoms with Crippen LogP contribution in [0.3, 0.4) is 0 Å². The van der Waals surface area contributed by atoms with E-state index in [1.807, 2.05) is 0 Å². The molecule has 1 saturated heterocycles. The van der Waals surface area contributed by atoms with Gasteiger partial charge < -0.3 is 15.5 Å². The van der Waals surface area contributed by atoms with Gasteiger partial charge in [-0.3, -0.25) is 0 Å². The molecule has 0 bridgehead atoms. The maximum atomic E-state index is 5.78. The van der Waals surface area contributed by atoms with E-state index in [0.717, 1.165) is 24.9 Å². The molecule has 2 atom stereocenters. The normalized spacial score (nSPS) is 29.2. The summed E-state index contributed by atoms with van der Waals surface area (Å²) in [6, 6.07) is 8.97. The van der Waals surface area contributed by atoms with Crippen molar-refractivity contribution >= 4 is 19.6 Å². The Kier molecular flexibility index (Phi) is 3.24. The van der Waals surface area contributed by atoms with Crippen LogP contribution in [0.5, 0.6) is 0 Å². The van der Waals surface area contributed by atoms with Crippen LogP contribution in [0, 0.1) is 5.41 Å². The van der Waals surface area contributed by atoms with Gasteiger partial charge in [-0.1, -0.05) is 31.2 Å². The van der Waals surface area contributed by atoms with Crippen molar-refractivity contribution in [3.63, 3.8) is 0 Å². The summed E-state index contributed by atoms with van der Waals surface area (Å²) >= 11 is 0. The van der Waals surface area contributed by atoms with Gasteiger partial charge in [0.2, 0.25) is 5.96 Å². The number of rotatable bonds is 0. The van der Waals surface area contributed by atoms with Gasteiger partial charge in [0.1, 0.15) is 7.85 Å². The first kappa shape index (κ1) is 15.1. The van der Waals surface area contributed by atoms with Crippen LogP contribution in [0.2, 0.25) is 0 Å². The first-order valence-corrected chi connectivity index (χ1v) is 9.12. The summed E-state index contributed by atoms with van der Waals surface area (Å²) in [5.41, 5.74) is 4.08. The molecule has 5 rings (SSSR count). The summed E-state index contributed by atoms with van der Waals surface area (Å²) < 4.78 is 0. The lowest BCUT2D eigenvalue weighted by molar-refractivity contribution is 0.131. The van der Waals surface area contributed by atoms with Gasteiger partial charge in [0.05, 0.1) is 0 Å². The third-order valence-corrected chi connectivity index (χ3v) is 6.44. The van der Waals surface area contributed by atoms with E-state index in [1.54, 1.807) is 17.3 Å².